The van der Waals surface area contributed by atoms with Crippen LogP contribution < -0.4 is 10.1 Å². The Hall–Kier alpha value is -2.11. The number of hydrogen-bond donors (Lipinski definition) is 1. The van der Waals surface area contributed by atoms with Crippen molar-refractivity contribution in [1.82, 2.24) is 9.80 Å². The van der Waals surface area contributed by atoms with Gasteiger partial charge in [-0.15, -0.1) is 0 Å². The van der Waals surface area contributed by atoms with E-state index in [1.165, 1.54) is 17.7 Å². The third-order valence-corrected chi connectivity index (χ3v) is 4.71. The molecular weight excluding hydrogens is 317 g/mol. The van der Waals surface area contributed by atoms with Gasteiger partial charge in [0.15, 0.2) is 0 Å². The molecule has 0 saturated carbocycles. The van der Waals surface area contributed by atoms with Gasteiger partial charge in [0.1, 0.15) is 11.6 Å². The van der Waals surface area contributed by atoms with Crippen LogP contribution in [0.2, 0.25) is 0 Å². The van der Waals surface area contributed by atoms with Crippen molar-refractivity contribution in [1.29, 1.82) is 0 Å². The summed E-state index contributed by atoms with van der Waals surface area (Å²) in [5.41, 5.74) is 2.87. The van der Waals surface area contributed by atoms with Gasteiger partial charge >= 0.3 is 0 Å². The summed E-state index contributed by atoms with van der Waals surface area (Å²) in [5, 5.41) is 3.22. The fourth-order valence-electron chi connectivity index (χ4n) is 3.05. The summed E-state index contributed by atoms with van der Waals surface area (Å²) in [6.07, 6.45) is 1.05. The highest BCUT2D eigenvalue weighted by atomic mass is 19.1. The van der Waals surface area contributed by atoms with Crippen LogP contribution in [0.15, 0.2) is 42.5 Å². The number of rotatable bonds is 6. The molecule has 2 aromatic rings. The topological polar surface area (TPSA) is 27.7 Å². The van der Waals surface area contributed by atoms with Gasteiger partial charge in [0.05, 0.1) is 12.8 Å². The number of anilines is 2. The summed E-state index contributed by atoms with van der Waals surface area (Å²) in [5.74, 6) is 0.340. The van der Waals surface area contributed by atoms with Gasteiger partial charge in [-0.1, -0.05) is 12.1 Å². The number of piperazine rings is 1. The first-order valence-corrected chi connectivity index (χ1v) is 8.74. The van der Waals surface area contributed by atoms with Crippen molar-refractivity contribution in [3.63, 3.8) is 0 Å². The van der Waals surface area contributed by atoms with E-state index in [2.05, 4.69) is 34.3 Å². The number of nitrogens with zero attached hydrogens (tertiary/aromatic N) is 2. The lowest BCUT2D eigenvalue weighted by Gasteiger charge is -2.32. The first kappa shape index (κ1) is 17.7. The van der Waals surface area contributed by atoms with Gasteiger partial charge in [0.25, 0.3) is 0 Å². The summed E-state index contributed by atoms with van der Waals surface area (Å²) in [6.45, 7) is 5.69. The summed E-state index contributed by atoms with van der Waals surface area (Å²) in [7, 11) is 3.76. The van der Waals surface area contributed by atoms with Crippen molar-refractivity contribution < 1.29 is 9.13 Å². The molecule has 4 nitrogen and oxygen atoms in total. The lowest BCUT2D eigenvalue weighted by molar-refractivity contribution is 0.155. The van der Waals surface area contributed by atoms with E-state index >= 15 is 0 Å². The van der Waals surface area contributed by atoms with E-state index in [4.69, 9.17) is 4.74 Å². The van der Waals surface area contributed by atoms with Gasteiger partial charge < -0.3 is 19.9 Å². The van der Waals surface area contributed by atoms with E-state index in [0.717, 1.165) is 44.8 Å². The number of ether oxygens (including phenoxy) is 1. The van der Waals surface area contributed by atoms with E-state index < -0.39 is 0 Å². The Labute approximate surface area is 149 Å². The van der Waals surface area contributed by atoms with E-state index in [1.54, 1.807) is 13.2 Å². The highest BCUT2D eigenvalue weighted by Crippen LogP contribution is 2.28. The molecule has 1 aliphatic heterocycles. The average molecular weight is 343 g/mol. The molecule has 134 valence electrons. The first-order valence-electron chi connectivity index (χ1n) is 8.74. The van der Waals surface area contributed by atoms with E-state index in [-0.39, 0.29) is 5.82 Å². The van der Waals surface area contributed by atoms with Crippen LogP contribution in [0.4, 0.5) is 15.8 Å². The summed E-state index contributed by atoms with van der Waals surface area (Å²) < 4.78 is 18.7. The third kappa shape index (κ3) is 4.94. The SMILES string of the molecule is COc1ccc(F)cc1Nc1ccc(CCN2CCN(C)CC2)cc1. The predicted molar refractivity (Wildman–Crippen MR) is 100 cm³/mol. The molecule has 2 aromatic carbocycles. The van der Waals surface area contributed by atoms with Crippen LogP contribution in [-0.2, 0) is 6.42 Å². The molecule has 5 heteroatoms. The number of hydrogen-bond acceptors (Lipinski definition) is 4. The van der Waals surface area contributed by atoms with E-state index in [1.807, 2.05) is 12.1 Å². The van der Waals surface area contributed by atoms with Crippen molar-refractivity contribution in [3.8, 4) is 5.75 Å². The van der Waals surface area contributed by atoms with E-state index in [0.29, 0.717) is 11.4 Å². The lowest BCUT2D eigenvalue weighted by atomic mass is 10.1. The molecule has 0 aromatic heterocycles. The van der Waals surface area contributed by atoms with Gasteiger partial charge in [0.2, 0.25) is 0 Å². The maximum atomic E-state index is 13.4. The Balaban J connectivity index is 1.56. The van der Waals surface area contributed by atoms with Gasteiger partial charge in [0, 0.05) is 44.5 Å². The maximum Gasteiger partial charge on any atom is 0.142 e. The lowest BCUT2D eigenvalue weighted by Crippen LogP contribution is -2.45. The van der Waals surface area contributed by atoms with Crippen molar-refractivity contribution in [2.75, 3.05) is 52.2 Å². The maximum absolute atomic E-state index is 13.4. The standard InChI is InChI=1S/C20H26FN3O/c1-23-11-13-24(14-12-23)10-9-16-3-6-18(7-4-16)22-19-15-17(21)5-8-20(19)25-2/h3-8,15,22H,9-14H2,1-2H3. The van der Waals surface area contributed by atoms with Crippen molar-refractivity contribution in [2.45, 2.75) is 6.42 Å². The molecule has 1 fully saturated rings. The number of methoxy groups -OCH3 is 1. The Bertz CT molecular complexity index is 682. The monoisotopic (exact) mass is 343 g/mol. The highest BCUT2D eigenvalue weighted by molar-refractivity contribution is 5.66. The van der Waals surface area contributed by atoms with Crippen LogP contribution in [0.5, 0.6) is 5.75 Å². The largest absolute Gasteiger partial charge is 0.495 e. The number of benzene rings is 2. The second-order valence-electron chi connectivity index (χ2n) is 6.56. The minimum atomic E-state index is -0.285. The molecule has 25 heavy (non-hydrogen) atoms. The summed E-state index contributed by atoms with van der Waals surface area (Å²) >= 11 is 0. The molecule has 1 saturated heterocycles. The van der Waals surface area contributed by atoms with Crippen LogP contribution in [0.25, 0.3) is 0 Å². The van der Waals surface area contributed by atoms with Crippen LogP contribution in [0.1, 0.15) is 5.56 Å². The molecule has 0 bridgehead atoms. The van der Waals surface area contributed by atoms with Crippen LogP contribution >= 0.6 is 0 Å². The smallest absolute Gasteiger partial charge is 0.142 e. The normalized spacial score (nSPS) is 16.0. The zero-order chi connectivity index (χ0) is 17.6. The van der Waals surface area contributed by atoms with Crippen molar-refractivity contribution >= 4 is 11.4 Å². The molecule has 0 spiro atoms. The molecular formula is C20H26FN3O. The summed E-state index contributed by atoms with van der Waals surface area (Å²) in [4.78, 5) is 4.89. The fraction of sp³-hybridized carbons (Fsp3) is 0.400. The molecule has 0 amide bonds. The third-order valence-electron chi connectivity index (χ3n) is 4.71. The van der Waals surface area contributed by atoms with Gasteiger partial charge in [-0.3, -0.25) is 0 Å². The molecule has 0 radical (unpaired) electrons. The van der Waals surface area contributed by atoms with Crippen molar-refractivity contribution in [2.24, 2.45) is 0 Å². The first-order chi connectivity index (χ1) is 12.1. The number of nitrogens with one attached hydrogen (secondary N) is 1. The second kappa shape index (κ2) is 8.32. The second-order valence-corrected chi connectivity index (χ2v) is 6.56. The van der Waals surface area contributed by atoms with E-state index in [9.17, 15) is 4.39 Å². The number of halogens is 1. The predicted octanol–water partition coefficient (Wildman–Crippen LogP) is 3.37. The molecule has 0 unspecified atom stereocenters. The zero-order valence-electron chi connectivity index (χ0n) is 15.0. The Morgan fingerprint density at radius 3 is 2.44 bits per heavy atom. The average Bonchev–Trinajstić information content (AvgIpc) is 2.63. The molecule has 0 atom stereocenters. The van der Waals surface area contributed by atoms with Gasteiger partial charge in [-0.25, -0.2) is 4.39 Å². The molecule has 3 rings (SSSR count). The van der Waals surface area contributed by atoms with Crippen LogP contribution in [0.3, 0.4) is 0 Å². The molecule has 0 aliphatic carbocycles. The molecule has 1 N–H and O–H groups in total. The molecule has 1 heterocycles. The zero-order valence-corrected chi connectivity index (χ0v) is 15.0. The Morgan fingerprint density at radius 2 is 1.76 bits per heavy atom. The quantitative estimate of drug-likeness (QED) is 0.870. The van der Waals surface area contributed by atoms with Gasteiger partial charge in [-0.05, 0) is 43.3 Å². The molecule has 1 aliphatic rings. The van der Waals surface area contributed by atoms with Crippen LogP contribution in [-0.4, -0.2) is 56.7 Å². The Morgan fingerprint density at radius 1 is 1.04 bits per heavy atom. The van der Waals surface area contributed by atoms with Crippen LogP contribution in [0, 0.1) is 5.82 Å². The van der Waals surface area contributed by atoms with Gasteiger partial charge in [-0.2, -0.15) is 0 Å². The fourth-order valence-corrected chi connectivity index (χ4v) is 3.05. The number of likely N-dealkylation sites (N-methyl/N-ethyl adjacent to an activating group) is 1. The Kier molecular flexibility index (Phi) is 5.89. The summed E-state index contributed by atoms with van der Waals surface area (Å²) in [6, 6.07) is 12.8. The van der Waals surface area contributed by atoms with Crippen molar-refractivity contribution in [3.05, 3.63) is 53.8 Å². The minimum absolute atomic E-state index is 0.285. The highest BCUT2D eigenvalue weighted by Gasteiger charge is 2.13. The minimum Gasteiger partial charge on any atom is -0.495 e.